The molecule has 40 heavy (non-hydrogen) atoms. The summed E-state index contributed by atoms with van der Waals surface area (Å²) in [5, 5.41) is 2.10. The lowest BCUT2D eigenvalue weighted by molar-refractivity contribution is -0.133. The number of amides is 1. The van der Waals surface area contributed by atoms with Gasteiger partial charge in [-0.15, -0.1) is 0 Å². The molecule has 7 nitrogen and oxygen atoms in total. The van der Waals surface area contributed by atoms with Crippen molar-refractivity contribution in [3.63, 3.8) is 0 Å². The SMILES string of the molecule is COc1ccc2c(c1)c(-c1cc3cccnc3[nH]1)cn2CC(=O)N1CCN(Cc2ccc(C(C)(C)C)cc2)CC1. The first-order valence-electron chi connectivity index (χ1n) is 14.0. The normalized spacial score (nSPS) is 14.8. The number of nitrogens with one attached hydrogen (secondary N) is 1. The number of hydrogen-bond acceptors (Lipinski definition) is 4. The van der Waals surface area contributed by atoms with E-state index in [2.05, 4.69) is 76.7 Å². The number of pyridine rings is 1. The molecule has 0 saturated carbocycles. The van der Waals surface area contributed by atoms with Gasteiger partial charge in [-0.3, -0.25) is 9.69 Å². The number of rotatable bonds is 6. The Labute approximate surface area is 235 Å². The third-order valence-corrected chi connectivity index (χ3v) is 8.03. The van der Waals surface area contributed by atoms with Crippen molar-refractivity contribution in [2.75, 3.05) is 33.3 Å². The Balaban J connectivity index is 1.16. The number of piperazine rings is 1. The second kappa shape index (κ2) is 10.5. The highest BCUT2D eigenvalue weighted by Crippen LogP contribution is 2.34. The van der Waals surface area contributed by atoms with Crippen LogP contribution in [0.3, 0.4) is 0 Å². The third kappa shape index (κ3) is 5.21. The van der Waals surface area contributed by atoms with Gasteiger partial charge in [0.05, 0.1) is 7.11 Å². The summed E-state index contributed by atoms with van der Waals surface area (Å²) in [5.41, 5.74) is 6.70. The zero-order valence-electron chi connectivity index (χ0n) is 23.8. The summed E-state index contributed by atoms with van der Waals surface area (Å²) < 4.78 is 7.58. The number of aromatic amines is 1. The fourth-order valence-corrected chi connectivity index (χ4v) is 5.62. The van der Waals surface area contributed by atoms with Crippen molar-refractivity contribution in [1.29, 1.82) is 0 Å². The Kier molecular flexibility index (Phi) is 6.84. The lowest BCUT2D eigenvalue weighted by Crippen LogP contribution is -2.49. The van der Waals surface area contributed by atoms with Crippen LogP contribution in [-0.2, 0) is 23.3 Å². The molecular weight excluding hydrogens is 498 g/mol. The zero-order chi connectivity index (χ0) is 27.9. The molecule has 0 radical (unpaired) electrons. The van der Waals surface area contributed by atoms with Crippen LogP contribution < -0.4 is 4.74 Å². The van der Waals surface area contributed by atoms with Crippen molar-refractivity contribution in [2.45, 2.75) is 39.3 Å². The van der Waals surface area contributed by atoms with Gasteiger partial charge in [-0.05, 0) is 52.9 Å². The van der Waals surface area contributed by atoms with Crippen LogP contribution in [0.2, 0.25) is 0 Å². The summed E-state index contributed by atoms with van der Waals surface area (Å²) >= 11 is 0. The van der Waals surface area contributed by atoms with Gasteiger partial charge in [0, 0.05) is 72.7 Å². The largest absolute Gasteiger partial charge is 0.497 e. The smallest absolute Gasteiger partial charge is 0.242 e. The van der Waals surface area contributed by atoms with E-state index < -0.39 is 0 Å². The summed E-state index contributed by atoms with van der Waals surface area (Å²) in [4.78, 5) is 25.8. The Bertz CT molecular complexity index is 1620. The molecule has 1 amide bonds. The van der Waals surface area contributed by atoms with Crippen LogP contribution in [0.25, 0.3) is 33.2 Å². The predicted octanol–water partition coefficient (Wildman–Crippen LogP) is 5.84. The number of hydrogen-bond donors (Lipinski definition) is 1. The van der Waals surface area contributed by atoms with Crippen LogP contribution in [-0.4, -0.2) is 63.5 Å². The number of fused-ring (bicyclic) bond motifs is 2. The van der Waals surface area contributed by atoms with Gasteiger partial charge in [0.15, 0.2) is 0 Å². The van der Waals surface area contributed by atoms with Crippen molar-refractivity contribution < 1.29 is 9.53 Å². The van der Waals surface area contributed by atoms with Gasteiger partial charge in [0.25, 0.3) is 0 Å². The minimum absolute atomic E-state index is 0.145. The molecule has 6 rings (SSSR count). The molecule has 206 valence electrons. The van der Waals surface area contributed by atoms with Crippen molar-refractivity contribution in [3.05, 3.63) is 84.2 Å². The highest BCUT2D eigenvalue weighted by molar-refractivity contribution is 5.99. The Morgan fingerprint density at radius 1 is 1.00 bits per heavy atom. The first-order chi connectivity index (χ1) is 19.3. The van der Waals surface area contributed by atoms with Crippen molar-refractivity contribution >= 4 is 27.8 Å². The minimum Gasteiger partial charge on any atom is -0.497 e. The average molecular weight is 536 g/mol. The lowest BCUT2D eigenvalue weighted by atomic mass is 9.87. The van der Waals surface area contributed by atoms with E-state index in [0.29, 0.717) is 6.54 Å². The van der Waals surface area contributed by atoms with E-state index in [-0.39, 0.29) is 11.3 Å². The standard InChI is InChI=1S/C33H37N5O2/c1-33(2,3)25-9-7-23(8-10-25)20-36-14-16-37(17-15-36)31(39)22-38-21-28(27-19-26(40-4)11-12-30(27)38)29-18-24-6-5-13-34-32(24)35-29/h5-13,18-19,21H,14-17,20,22H2,1-4H3,(H,34,35). The van der Waals surface area contributed by atoms with Crippen molar-refractivity contribution in [3.8, 4) is 17.0 Å². The monoisotopic (exact) mass is 535 g/mol. The molecule has 0 atom stereocenters. The number of aromatic nitrogens is 3. The van der Waals surface area contributed by atoms with Gasteiger partial charge in [-0.25, -0.2) is 4.98 Å². The van der Waals surface area contributed by atoms with Crippen molar-refractivity contribution in [1.82, 2.24) is 24.3 Å². The number of nitrogens with zero attached hydrogens (tertiary/aromatic N) is 4. The molecule has 1 aliphatic rings. The van der Waals surface area contributed by atoms with E-state index in [4.69, 9.17) is 4.74 Å². The molecule has 0 aliphatic carbocycles. The first-order valence-corrected chi connectivity index (χ1v) is 14.0. The predicted molar refractivity (Wildman–Crippen MR) is 161 cm³/mol. The van der Waals surface area contributed by atoms with E-state index in [0.717, 1.165) is 71.7 Å². The summed E-state index contributed by atoms with van der Waals surface area (Å²) in [7, 11) is 1.68. The van der Waals surface area contributed by atoms with Gasteiger partial charge in [0.1, 0.15) is 17.9 Å². The van der Waals surface area contributed by atoms with E-state index in [9.17, 15) is 4.79 Å². The van der Waals surface area contributed by atoms with Gasteiger partial charge in [0.2, 0.25) is 5.91 Å². The van der Waals surface area contributed by atoms with Crippen LogP contribution >= 0.6 is 0 Å². The summed E-state index contributed by atoms with van der Waals surface area (Å²) in [6.45, 7) is 11.2. The zero-order valence-corrected chi connectivity index (χ0v) is 23.8. The minimum atomic E-state index is 0.145. The fourth-order valence-electron chi connectivity index (χ4n) is 5.62. The van der Waals surface area contributed by atoms with E-state index >= 15 is 0 Å². The van der Waals surface area contributed by atoms with Crippen LogP contribution in [0.15, 0.2) is 73.1 Å². The van der Waals surface area contributed by atoms with Gasteiger partial charge in [-0.2, -0.15) is 0 Å². The number of benzene rings is 2. The summed E-state index contributed by atoms with van der Waals surface area (Å²) in [5.74, 6) is 0.933. The topological polar surface area (TPSA) is 66.4 Å². The molecule has 0 bridgehead atoms. The molecule has 1 aliphatic heterocycles. The Morgan fingerprint density at radius 2 is 1.77 bits per heavy atom. The quantitative estimate of drug-likeness (QED) is 0.297. The number of carbonyl (C=O) groups excluding carboxylic acids is 1. The van der Waals surface area contributed by atoms with Gasteiger partial charge < -0.3 is 19.2 Å². The van der Waals surface area contributed by atoms with Gasteiger partial charge in [-0.1, -0.05) is 45.0 Å². The van der Waals surface area contributed by atoms with Crippen LogP contribution in [0, 0.1) is 0 Å². The number of H-pyrrole nitrogens is 1. The molecule has 7 heteroatoms. The van der Waals surface area contributed by atoms with Crippen LogP contribution in [0.5, 0.6) is 5.75 Å². The van der Waals surface area contributed by atoms with Gasteiger partial charge >= 0.3 is 0 Å². The van der Waals surface area contributed by atoms with E-state index in [1.165, 1.54) is 11.1 Å². The Morgan fingerprint density at radius 3 is 2.48 bits per heavy atom. The maximum Gasteiger partial charge on any atom is 0.242 e. The second-order valence-electron chi connectivity index (χ2n) is 11.8. The molecule has 1 saturated heterocycles. The molecule has 2 aromatic carbocycles. The average Bonchev–Trinajstić information content (AvgIpc) is 3.54. The molecular formula is C33H37N5O2. The summed E-state index contributed by atoms with van der Waals surface area (Å²) in [6.07, 6.45) is 3.86. The molecule has 1 N–H and O–H groups in total. The molecule has 0 spiro atoms. The number of ether oxygens (including phenoxy) is 1. The highest BCUT2D eigenvalue weighted by Gasteiger charge is 2.23. The maximum atomic E-state index is 13.5. The lowest BCUT2D eigenvalue weighted by Gasteiger charge is -2.35. The number of carbonyl (C=O) groups is 1. The Hall–Kier alpha value is -4.10. The number of methoxy groups -OCH3 is 1. The van der Waals surface area contributed by atoms with Crippen LogP contribution in [0.1, 0.15) is 31.9 Å². The van der Waals surface area contributed by atoms with Crippen molar-refractivity contribution in [2.24, 2.45) is 0 Å². The molecule has 1 fully saturated rings. The molecule has 3 aromatic heterocycles. The first kappa shape index (κ1) is 26.1. The highest BCUT2D eigenvalue weighted by atomic mass is 16.5. The third-order valence-electron chi connectivity index (χ3n) is 8.03. The molecule has 0 unspecified atom stereocenters. The fraction of sp³-hybridized carbons (Fsp3) is 0.333. The maximum absolute atomic E-state index is 13.5. The van der Waals surface area contributed by atoms with E-state index in [1.54, 1.807) is 13.3 Å². The molecule has 4 heterocycles. The summed E-state index contributed by atoms with van der Waals surface area (Å²) in [6, 6.07) is 21.1. The van der Waals surface area contributed by atoms with E-state index in [1.807, 2.05) is 35.2 Å². The van der Waals surface area contributed by atoms with Crippen LogP contribution in [0.4, 0.5) is 0 Å². The second-order valence-corrected chi connectivity index (χ2v) is 11.8. The molecule has 5 aromatic rings.